The lowest BCUT2D eigenvalue weighted by atomic mass is 9.65. The van der Waals surface area contributed by atoms with Gasteiger partial charge in [0.1, 0.15) is 0 Å². The van der Waals surface area contributed by atoms with Crippen LogP contribution in [0.1, 0.15) is 50.8 Å². The van der Waals surface area contributed by atoms with Gasteiger partial charge in [-0.1, -0.05) is 48.9 Å². The Kier molecular flexibility index (Phi) is 5.58. The Balaban J connectivity index is 1.36. The summed E-state index contributed by atoms with van der Waals surface area (Å²) in [6.07, 6.45) is 2.48. The van der Waals surface area contributed by atoms with Gasteiger partial charge >= 0.3 is 0 Å². The molecule has 2 N–H and O–H groups in total. The second-order valence-corrected chi connectivity index (χ2v) is 11.7. The van der Waals surface area contributed by atoms with E-state index in [0.717, 1.165) is 28.4 Å². The number of benzene rings is 3. The minimum absolute atomic E-state index is 0.0363. The monoisotopic (exact) mass is 525 g/mol. The van der Waals surface area contributed by atoms with Gasteiger partial charge in [0, 0.05) is 28.7 Å². The van der Waals surface area contributed by atoms with Crippen LogP contribution >= 0.6 is 11.6 Å². The second kappa shape index (κ2) is 8.63. The smallest absolute Gasteiger partial charge is 0.279 e. The number of nitrogens with one attached hydrogen (secondary N) is 2. The van der Waals surface area contributed by atoms with Crippen molar-refractivity contribution >= 4 is 46.4 Å². The molecule has 3 aliphatic rings. The summed E-state index contributed by atoms with van der Waals surface area (Å²) in [5, 5.41) is 13.5. The highest BCUT2D eigenvalue weighted by Gasteiger charge is 2.44. The van der Waals surface area contributed by atoms with E-state index in [1.165, 1.54) is 21.8 Å². The fourth-order valence-electron chi connectivity index (χ4n) is 6.09. The van der Waals surface area contributed by atoms with Crippen molar-refractivity contribution < 1.29 is 4.79 Å². The molecule has 0 aromatic heterocycles. The first-order chi connectivity index (χ1) is 18.1. The molecule has 3 aliphatic heterocycles. The van der Waals surface area contributed by atoms with E-state index in [0.29, 0.717) is 11.3 Å². The van der Waals surface area contributed by atoms with Gasteiger partial charge in [0.15, 0.2) is 6.29 Å². The highest BCUT2D eigenvalue weighted by molar-refractivity contribution is 6.30. The van der Waals surface area contributed by atoms with E-state index in [1.807, 2.05) is 49.4 Å². The zero-order chi connectivity index (χ0) is 26.8. The zero-order valence-electron chi connectivity index (χ0n) is 22.3. The van der Waals surface area contributed by atoms with Gasteiger partial charge in [0.2, 0.25) is 0 Å². The van der Waals surface area contributed by atoms with Crippen molar-refractivity contribution in [2.45, 2.75) is 51.4 Å². The van der Waals surface area contributed by atoms with Gasteiger partial charge in [0.25, 0.3) is 5.91 Å². The summed E-state index contributed by atoms with van der Waals surface area (Å²) in [5.74, 6) is -0.128. The molecule has 6 rings (SSSR count). The molecule has 1 amide bonds. The summed E-state index contributed by atoms with van der Waals surface area (Å²) in [6, 6.07) is 22.6. The van der Waals surface area contributed by atoms with Crippen molar-refractivity contribution in [3.05, 3.63) is 94.0 Å². The number of para-hydroxylation sites is 2. The molecule has 0 saturated heterocycles. The van der Waals surface area contributed by atoms with Crippen molar-refractivity contribution in [3.63, 3.8) is 0 Å². The molecule has 7 heteroatoms. The summed E-state index contributed by atoms with van der Waals surface area (Å²) >= 11 is 6.24. The van der Waals surface area contributed by atoms with E-state index in [-0.39, 0.29) is 16.9 Å². The third kappa shape index (κ3) is 3.86. The Morgan fingerprint density at radius 1 is 1.00 bits per heavy atom. The second-order valence-electron chi connectivity index (χ2n) is 11.3. The van der Waals surface area contributed by atoms with E-state index in [4.69, 9.17) is 11.6 Å². The fraction of sp³-hybridized carbons (Fsp3) is 0.290. The van der Waals surface area contributed by atoms with Crippen LogP contribution in [0.4, 0.5) is 17.1 Å². The van der Waals surface area contributed by atoms with Crippen molar-refractivity contribution in [3.8, 4) is 0 Å². The number of halogens is 1. The Labute approximate surface area is 229 Å². The lowest BCUT2D eigenvalue weighted by Crippen LogP contribution is -2.51. The molecule has 0 bridgehead atoms. The van der Waals surface area contributed by atoms with Crippen LogP contribution in [0, 0.1) is 0 Å². The normalized spacial score (nSPS) is 23.2. The number of anilines is 3. The van der Waals surface area contributed by atoms with Crippen LogP contribution < -0.4 is 15.5 Å². The number of hydrogen-bond acceptors (Lipinski definition) is 5. The van der Waals surface area contributed by atoms with Gasteiger partial charge in [-0.3, -0.25) is 4.79 Å². The molecule has 0 saturated carbocycles. The lowest BCUT2D eigenvalue weighted by Gasteiger charge is -2.51. The highest BCUT2D eigenvalue weighted by atomic mass is 35.5. The van der Waals surface area contributed by atoms with Crippen molar-refractivity contribution in [2.24, 2.45) is 5.10 Å². The van der Waals surface area contributed by atoms with Crippen LogP contribution in [0.25, 0.3) is 6.08 Å². The van der Waals surface area contributed by atoms with Crippen LogP contribution in [0.5, 0.6) is 0 Å². The summed E-state index contributed by atoms with van der Waals surface area (Å²) in [5.41, 5.74) is 7.60. The van der Waals surface area contributed by atoms with Gasteiger partial charge in [-0.05, 0) is 86.4 Å². The summed E-state index contributed by atoms with van der Waals surface area (Å²) < 4.78 is 0. The number of carbonyl (C=O) groups excluding carboxylic acids is 1. The first-order valence-electron chi connectivity index (χ1n) is 12.9. The van der Waals surface area contributed by atoms with Crippen molar-refractivity contribution in [1.29, 1.82) is 0 Å². The molecule has 3 heterocycles. The third-order valence-electron chi connectivity index (χ3n) is 8.31. The predicted molar refractivity (Wildman–Crippen MR) is 157 cm³/mol. The molecule has 3 aromatic rings. The minimum atomic E-state index is -0.423. The average molecular weight is 526 g/mol. The third-order valence-corrected chi connectivity index (χ3v) is 8.56. The lowest BCUT2D eigenvalue weighted by molar-refractivity contribution is -0.126. The van der Waals surface area contributed by atoms with E-state index in [2.05, 4.69) is 78.8 Å². The maximum atomic E-state index is 13.5. The maximum Gasteiger partial charge on any atom is 0.279 e. The number of fused-ring (bicyclic) bond motifs is 2. The van der Waals surface area contributed by atoms with Crippen LogP contribution in [0.15, 0.2) is 77.4 Å². The molecule has 0 aliphatic carbocycles. The maximum absolute atomic E-state index is 13.5. The Morgan fingerprint density at radius 2 is 1.66 bits per heavy atom. The predicted octanol–water partition coefficient (Wildman–Crippen LogP) is 6.69. The fourth-order valence-corrected chi connectivity index (χ4v) is 6.22. The topological polar surface area (TPSA) is 60.0 Å². The van der Waals surface area contributed by atoms with Crippen LogP contribution in [0.2, 0.25) is 5.02 Å². The zero-order valence-corrected chi connectivity index (χ0v) is 23.1. The standard InChI is InChI=1S/C31H32ClN5O/c1-19-23(28(38)37(35-19)29-33-25-8-6-7-9-26(25)34-29)16-20-10-15-27-24(17-20)31(4,18-30(2,3)36(27)5)21-11-13-22(32)14-12-21/h6-17,29,33-34H,18H2,1-5H3/b23-16-. The summed E-state index contributed by atoms with van der Waals surface area (Å²) in [6.45, 7) is 8.77. The Bertz CT molecular complexity index is 1480. The number of rotatable bonds is 3. The minimum Gasteiger partial charge on any atom is -0.369 e. The summed E-state index contributed by atoms with van der Waals surface area (Å²) in [4.78, 5) is 15.9. The molecule has 38 heavy (non-hydrogen) atoms. The Hall–Kier alpha value is -3.77. The molecule has 1 unspecified atom stereocenters. The highest BCUT2D eigenvalue weighted by Crippen LogP contribution is 2.50. The van der Waals surface area contributed by atoms with E-state index < -0.39 is 6.29 Å². The molecule has 6 nitrogen and oxygen atoms in total. The first kappa shape index (κ1) is 24.6. The number of carbonyl (C=O) groups is 1. The van der Waals surface area contributed by atoms with Gasteiger partial charge < -0.3 is 15.5 Å². The van der Waals surface area contributed by atoms with E-state index >= 15 is 0 Å². The molecule has 0 spiro atoms. The van der Waals surface area contributed by atoms with Crippen LogP contribution in [-0.4, -0.2) is 35.5 Å². The quantitative estimate of drug-likeness (QED) is 0.374. The largest absolute Gasteiger partial charge is 0.369 e. The van der Waals surface area contributed by atoms with Crippen LogP contribution in [0.3, 0.4) is 0 Å². The van der Waals surface area contributed by atoms with Gasteiger partial charge in [-0.25, -0.2) is 0 Å². The van der Waals surface area contributed by atoms with E-state index in [1.54, 1.807) is 0 Å². The van der Waals surface area contributed by atoms with Crippen molar-refractivity contribution in [1.82, 2.24) is 5.01 Å². The molecular formula is C31H32ClN5O. The Morgan fingerprint density at radius 3 is 2.32 bits per heavy atom. The molecular weight excluding hydrogens is 494 g/mol. The van der Waals surface area contributed by atoms with Gasteiger partial charge in [-0.2, -0.15) is 10.1 Å². The number of hydrazone groups is 1. The number of amides is 1. The van der Waals surface area contributed by atoms with Gasteiger partial charge in [-0.15, -0.1) is 0 Å². The molecule has 3 aromatic carbocycles. The van der Waals surface area contributed by atoms with E-state index in [9.17, 15) is 4.79 Å². The van der Waals surface area contributed by atoms with Crippen LogP contribution in [-0.2, 0) is 10.2 Å². The number of nitrogens with zero attached hydrogens (tertiary/aromatic N) is 3. The van der Waals surface area contributed by atoms with Gasteiger partial charge in [0.05, 0.1) is 22.7 Å². The molecule has 1 atom stereocenters. The SMILES string of the molecule is CC1=NN(C2Nc3ccccc3N2)C(=O)/C1=C\c1ccc2c(c1)C(C)(c1ccc(Cl)cc1)CC(C)(C)N2C. The first-order valence-corrected chi connectivity index (χ1v) is 13.3. The molecule has 0 radical (unpaired) electrons. The number of hydrogen-bond donors (Lipinski definition) is 2. The average Bonchev–Trinajstić information content (AvgIpc) is 3.44. The summed E-state index contributed by atoms with van der Waals surface area (Å²) in [7, 11) is 2.16. The molecule has 194 valence electrons. The molecule has 0 fully saturated rings. The van der Waals surface area contributed by atoms with Crippen molar-refractivity contribution in [2.75, 3.05) is 22.6 Å².